The molecule has 1 N–H and O–H groups in total. The van der Waals surface area contributed by atoms with Gasteiger partial charge in [-0.1, -0.05) is 6.07 Å². The molecule has 1 amide bonds. The number of rotatable bonds is 2. The van der Waals surface area contributed by atoms with Crippen molar-refractivity contribution in [2.24, 2.45) is 5.92 Å². The summed E-state index contributed by atoms with van der Waals surface area (Å²) in [4.78, 5) is 14.4. The third kappa shape index (κ3) is 2.81. The van der Waals surface area contributed by atoms with E-state index in [0.717, 1.165) is 31.6 Å². The summed E-state index contributed by atoms with van der Waals surface area (Å²) >= 11 is 0. The highest BCUT2D eigenvalue weighted by Gasteiger charge is 2.25. The number of anilines is 1. The second-order valence-electron chi connectivity index (χ2n) is 5.57. The minimum Gasteiger partial charge on any atom is -0.317 e. The molecule has 0 aromatic heterocycles. The average molecular weight is 260 g/mol. The first-order valence-electron chi connectivity index (χ1n) is 7.07. The first-order valence-corrected chi connectivity index (χ1v) is 7.07. The minimum absolute atomic E-state index is 0.173. The molecule has 3 heteroatoms. The number of carbonyl (C=O) groups excluding carboxylic acids is 1. The number of hydrogen-bond donors (Lipinski definition) is 1. The Morgan fingerprint density at radius 3 is 2.42 bits per heavy atom. The SMILES string of the molecule is Cc1ccc(N(C)C(=O)C2CCNCC2)c(C)c1C. The maximum Gasteiger partial charge on any atom is 0.229 e. The van der Waals surface area contributed by atoms with E-state index < -0.39 is 0 Å². The monoisotopic (exact) mass is 260 g/mol. The molecule has 1 aromatic carbocycles. The van der Waals surface area contributed by atoms with E-state index in [0.29, 0.717) is 0 Å². The van der Waals surface area contributed by atoms with Crippen molar-refractivity contribution < 1.29 is 4.79 Å². The van der Waals surface area contributed by atoms with Gasteiger partial charge in [0.1, 0.15) is 0 Å². The molecule has 1 saturated heterocycles. The molecule has 1 heterocycles. The fourth-order valence-electron chi connectivity index (χ4n) is 2.77. The van der Waals surface area contributed by atoms with Gasteiger partial charge in [0.2, 0.25) is 5.91 Å². The fourth-order valence-corrected chi connectivity index (χ4v) is 2.77. The summed E-state index contributed by atoms with van der Waals surface area (Å²) in [7, 11) is 1.90. The van der Waals surface area contributed by atoms with Gasteiger partial charge in [-0.05, 0) is 69.5 Å². The molecule has 19 heavy (non-hydrogen) atoms. The standard InChI is InChI=1S/C16H24N2O/c1-11-5-6-15(13(3)12(11)2)18(4)16(19)14-7-9-17-10-8-14/h5-6,14,17H,7-10H2,1-4H3. The molecule has 0 unspecified atom stereocenters. The number of nitrogens with one attached hydrogen (secondary N) is 1. The van der Waals surface area contributed by atoms with Gasteiger partial charge < -0.3 is 10.2 Å². The Morgan fingerprint density at radius 1 is 1.16 bits per heavy atom. The lowest BCUT2D eigenvalue weighted by Crippen LogP contribution is -2.39. The summed E-state index contributed by atoms with van der Waals surface area (Å²) in [6.45, 7) is 8.24. The Morgan fingerprint density at radius 2 is 1.79 bits per heavy atom. The van der Waals surface area contributed by atoms with Crippen LogP contribution >= 0.6 is 0 Å². The Balaban J connectivity index is 2.21. The van der Waals surface area contributed by atoms with Gasteiger partial charge in [-0.2, -0.15) is 0 Å². The smallest absolute Gasteiger partial charge is 0.229 e. The van der Waals surface area contributed by atoms with Crippen LogP contribution in [0.4, 0.5) is 5.69 Å². The summed E-state index contributed by atoms with van der Waals surface area (Å²) in [5.41, 5.74) is 4.82. The van der Waals surface area contributed by atoms with Crippen LogP contribution in [-0.4, -0.2) is 26.0 Å². The molecule has 1 fully saturated rings. The van der Waals surface area contributed by atoms with Crippen molar-refractivity contribution in [1.29, 1.82) is 0 Å². The number of nitrogens with zero attached hydrogens (tertiary/aromatic N) is 1. The summed E-state index contributed by atoms with van der Waals surface area (Å²) < 4.78 is 0. The third-order valence-corrected chi connectivity index (χ3v) is 4.41. The topological polar surface area (TPSA) is 32.3 Å². The van der Waals surface area contributed by atoms with Crippen molar-refractivity contribution in [2.75, 3.05) is 25.0 Å². The molecule has 0 atom stereocenters. The quantitative estimate of drug-likeness (QED) is 0.886. The van der Waals surface area contributed by atoms with E-state index in [2.05, 4.69) is 38.2 Å². The lowest BCUT2D eigenvalue weighted by atomic mass is 9.95. The zero-order valence-electron chi connectivity index (χ0n) is 12.4. The van der Waals surface area contributed by atoms with Gasteiger partial charge in [0.15, 0.2) is 0 Å². The average Bonchev–Trinajstić information content (AvgIpc) is 2.44. The van der Waals surface area contributed by atoms with E-state index >= 15 is 0 Å². The molecule has 0 bridgehead atoms. The number of amides is 1. The Bertz CT molecular complexity index is 476. The molecule has 1 aliphatic rings. The highest BCUT2D eigenvalue weighted by Crippen LogP contribution is 2.26. The molecule has 0 spiro atoms. The van der Waals surface area contributed by atoms with E-state index in [1.807, 2.05) is 11.9 Å². The first-order chi connectivity index (χ1) is 9.02. The van der Waals surface area contributed by atoms with Crippen LogP contribution < -0.4 is 10.2 Å². The molecule has 3 nitrogen and oxygen atoms in total. The predicted molar refractivity (Wildman–Crippen MR) is 79.7 cm³/mol. The molecular formula is C16H24N2O. The highest BCUT2D eigenvalue weighted by atomic mass is 16.2. The Kier molecular flexibility index (Phi) is 4.25. The zero-order chi connectivity index (χ0) is 14.0. The van der Waals surface area contributed by atoms with Crippen molar-refractivity contribution in [1.82, 2.24) is 5.32 Å². The van der Waals surface area contributed by atoms with Gasteiger partial charge >= 0.3 is 0 Å². The van der Waals surface area contributed by atoms with Crippen LogP contribution in [0.1, 0.15) is 29.5 Å². The highest BCUT2D eigenvalue weighted by molar-refractivity contribution is 5.95. The fraction of sp³-hybridized carbons (Fsp3) is 0.562. The van der Waals surface area contributed by atoms with Gasteiger partial charge in [-0.15, -0.1) is 0 Å². The lowest BCUT2D eigenvalue weighted by molar-refractivity contribution is -0.122. The lowest BCUT2D eigenvalue weighted by Gasteiger charge is -2.28. The van der Waals surface area contributed by atoms with E-state index in [4.69, 9.17) is 0 Å². The van der Waals surface area contributed by atoms with Crippen LogP contribution in [0.2, 0.25) is 0 Å². The first kappa shape index (κ1) is 14.1. The van der Waals surface area contributed by atoms with Crippen LogP contribution in [0, 0.1) is 26.7 Å². The zero-order valence-corrected chi connectivity index (χ0v) is 12.4. The van der Waals surface area contributed by atoms with Gasteiger partial charge in [-0.25, -0.2) is 0 Å². The van der Waals surface area contributed by atoms with Crippen molar-refractivity contribution in [3.63, 3.8) is 0 Å². The molecule has 104 valence electrons. The van der Waals surface area contributed by atoms with Crippen LogP contribution in [0.5, 0.6) is 0 Å². The largest absolute Gasteiger partial charge is 0.317 e. The molecule has 0 saturated carbocycles. The van der Waals surface area contributed by atoms with E-state index in [9.17, 15) is 4.79 Å². The Labute approximate surface area is 116 Å². The number of carbonyl (C=O) groups is 1. The Hall–Kier alpha value is -1.35. The predicted octanol–water partition coefficient (Wildman–Crippen LogP) is 2.57. The molecule has 1 aromatic rings. The third-order valence-electron chi connectivity index (χ3n) is 4.41. The number of hydrogen-bond acceptors (Lipinski definition) is 2. The van der Waals surface area contributed by atoms with Crippen molar-refractivity contribution in [3.8, 4) is 0 Å². The van der Waals surface area contributed by atoms with Gasteiger partial charge in [0.25, 0.3) is 0 Å². The maximum absolute atomic E-state index is 12.5. The number of piperidine rings is 1. The molecule has 0 aliphatic carbocycles. The number of aryl methyl sites for hydroxylation is 1. The summed E-state index contributed by atoms with van der Waals surface area (Å²) in [5, 5.41) is 3.31. The van der Waals surface area contributed by atoms with Crippen LogP contribution in [-0.2, 0) is 4.79 Å². The van der Waals surface area contributed by atoms with Gasteiger partial charge in [0.05, 0.1) is 0 Å². The summed E-state index contributed by atoms with van der Waals surface area (Å²) in [5.74, 6) is 0.431. The molecule has 1 aliphatic heterocycles. The van der Waals surface area contributed by atoms with Crippen LogP contribution in [0.25, 0.3) is 0 Å². The van der Waals surface area contributed by atoms with E-state index in [1.54, 1.807) is 0 Å². The second-order valence-corrected chi connectivity index (χ2v) is 5.57. The molecule has 2 rings (SSSR count). The molecule has 0 radical (unpaired) electrons. The van der Waals surface area contributed by atoms with Crippen molar-refractivity contribution >= 4 is 11.6 Å². The maximum atomic E-state index is 12.5. The normalized spacial score (nSPS) is 16.4. The molecular weight excluding hydrogens is 236 g/mol. The van der Waals surface area contributed by atoms with Crippen LogP contribution in [0.3, 0.4) is 0 Å². The summed E-state index contributed by atoms with van der Waals surface area (Å²) in [6, 6.07) is 4.17. The second kappa shape index (κ2) is 5.74. The van der Waals surface area contributed by atoms with Crippen LogP contribution in [0.15, 0.2) is 12.1 Å². The van der Waals surface area contributed by atoms with Crippen molar-refractivity contribution in [3.05, 3.63) is 28.8 Å². The van der Waals surface area contributed by atoms with E-state index in [1.165, 1.54) is 16.7 Å². The van der Waals surface area contributed by atoms with Gasteiger partial charge in [0, 0.05) is 18.7 Å². The van der Waals surface area contributed by atoms with E-state index in [-0.39, 0.29) is 11.8 Å². The summed E-state index contributed by atoms with van der Waals surface area (Å²) in [6.07, 6.45) is 1.90. The number of benzene rings is 1. The van der Waals surface area contributed by atoms with Gasteiger partial charge in [-0.3, -0.25) is 4.79 Å². The minimum atomic E-state index is 0.173. The van der Waals surface area contributed by atoms with Crippen molar-refractivity contribution in [2.45, 2.75) is 33.6 Å².